The van der Waals surface area contributed by atoms with Crippen LogP contribution in [0.25, 0.3) is 0 Å². The summed E-state index contributed by atoms with van der Waals surface area (Å²) in [7, 11) is 0. The lowest BCUT2D eigenvalue weighted by Gasteiger charge is -2.20. The minimum Gasteiger partial charge on any atom is -0.366 e. The molecule has 27 heavy (non-hydrogen) atoms. The molecule has 0 heterocycles. The number of primary amides is 1. The number of nitrogens with two attached hydrogens (primary N) is 1. The summed E-state index contributed by atoms with van der Waals surface area (Å²) in [5.74, 6) is 0.00778. The van der Waals surface area contributed by atoms with E-state index in [1.54, 1.807) is 24.3 Å². The predicted octanol–water partition coefficient (Wildman–Crippen LogP) is 3.66. The summed E-state index contributed by atoms with van der Waals surface area (Å²) < 4.78 is 0. The van der Waals surface area contributed by atoms with E-state index in [4.69, 9.17) is 5.73 Å². The molecule has 144 valence electrons. The molecule has 0 saturated carbocycles. The maximum absolute atomic E-state index is 12.4. The molecule has 0 aromatic heterocycles. The van der Waals surface area contributed by atoms with Gasteiger partial charge in [0.05, 0.1) is 6.04 Å². The molecule has 0 saturated heterocycles. The van der Waals surface area contributed by atoms with E-state index >= 15 is 0 Å². The lowest BCUT2D eigenvalue weighted by atomic mass is 9.99. The molecule has 0 bridgehead atoms. The van der Waals surface area contributed by atoms with Gasteiger partial charge in [-0.15, -0.1) is 0 Å². The molecule has 0 unspecified atom stereocenters. The molecule has 2 aromatic rings. The third kappa shape index (κ3) is 6.22. The molecule has 2 aromatic carbocycles. The predicted molar refractivity (Wildman–Crippen MR) is 110 cm³/mol. The van der Waals surface area contributed by atoms with Crippen LogP contribution in [0.5, 0.6) is 0 Å². The zero-order chi connectivity index (χ0) is 20.0. The van der Waals surface area contributed by atoms with Gasteiger partial charge in [0.2, 0.25) is 11.8 Å². The van der Waals surface area contributed by atoms with Gasteiger partial charge in [-0.1, -0.05) is 38.1 Å². The van der Waals surface area contributed by atoms with Crippen molar-refractivity contribution in [1.29, 1.82) is 0 Å². The van der Waals surface area contributed by atoms with Crippen molar-refractivity contribution in [2.75, 3.05) is 5.32 Å². The topological polar surface area (TPSA) is 84.2 Å². The van der Waals surface area contributed by atoms with Crippen LogP contribution < -0.4 is 16.4 Å². The van der Waals surface area contributed by atoms with Crippen molar-refractivity contribution in [1.82, 2.24) is 5.32 Å². The number of hydrogen-bond donors (Lipinski definition) is 3. The molecule has 2 rings (SSSR count). The molecule has 4 N–H and O–H groups in total. The Labute approximate surface area is 161 Å². The summed E-state index contributed by atoms with van der Waals surface area (Å²) >= 11 is 0. The van der Waals surface area contributed by atoms with E-state index in [1.807, 2.05) is 13.8 Å². The quantitative estimate of drug-likeness (QED) is 0.666. The molecule has 2 amide bonds. The standard InChI is InChI=1S/C22H29N3O2/c1-14(2)13-17-5-7-18(8-6-17)15(3)24-16(4)22(27)25-20-11-9-19(10-12-20)21(23)26/h5-12,14-16,24H,13H2,1-4H3,(H2,23,26)(H,25,27)/t15-,16+/m1/s1. The average Bonchev–Trinajstić information content (AvgIpc) is 2.62. The number of nitrogens with one attached hydrogen (secondary N) is 2. The Morgan fingerprint density at radius 2 is 1.52 bits per heavy atom. The number of hydrogen-bond acceptors (Lipinski definition) is 3. The number of carbonyl (C=O) groups is 2. The zero-order valence-electron chi connectivity index (χ0n) is 16.5. The fraction of sp³-hybridized carbons (Fsp3) is 0.364. The monoisotopic (exact) mass is 367 g/mol. The molecule has 0 aliphatic rings. The van der Waals surface area contributed by atoms with Crippen LogP contribution in [0.1, 0.15) is 55.2 Å². The normalized spacial score (nSPS) is 13.2. The molecule has 0 spiro atoms. The second kappa shape index (κ2) is 9.33. The number of amides is 2. The van der Waals surface area contributed by atoms with Crippen LogP contribution in [0.2, 0.25) is 0 Å². The molecule has 5 heteroatoms. The summed E-state index contributed by atoms with van der Waals surface area (Å²) in [6.07, 6.45) is 1.06. The third-order valence-electron chi connectivity index (χ3n) is 4.45. The van der Waals surface area contributed by atoms with Crippen LogP contribution in [0.3, 0.4) is 0 Å². The maximum Gasteiger partial charge on any atom is 0.248 e. The van der Waals surface area contributed by atoms with Gasteiger partial charge in [0.25, 0.3) is 0 Å². The van der Waals surface area contributed by atoms with Crippen molar-refractivity contribution in [2.24, 2.45) is 11.7 Å². The highest BCUT2D eigenvalue weighted by Gasteiger charge is 2.16. The first-order chi connectivity index (χ1) is 12.8. The summed E-state index contributed by atoms with van der Waals surface area (Å²) in [5.41, 5.74) is 8.73. The van der Waals surface area contributed by atoms with E-state index in [-0.39, 0.29) is 18.0 Å². The highest BCUT2D eigenvalue weighted by atomic mass is 16.2. The highest BCUT2D eigenvalue weighted by molar-refractivity contribution is 5.96. The Bertz CT molecular complexity index is 767. The summed E-state index contributed by atoms with van der Waals surface area (Å²) in [6.45, 7) is 8.29. The minimum absolute atomic E-state index is 0.0519. The van der Waals surface area contributed by atoms with Crippen molar-refractivity contribution in [3.05, 3.63) is 65.2 Å². The van der Waals surface area contributed by atoms with Gasteiger partial charge in [0, 0.05) is 17.3 Å². The van der Waals surface area contributed by atoms with E-state index in [1.165, 1.54) is 5.56 Å². The van der Waals surface area contributed by atoms with E-state index in [2.05, 4.69) is 48.7 Å². The van der Waals surface area contributed by atoms with Gasteiger partial charge in [-0.05, 0) is 61.6 Å². The van der Waals surface area contributed by atoms with Gasteiger partial charge in [0.15, 0.2) is 0 Å². The van der Waals surface area contributed by atoms with Crippen molar-refractivity contribution < 1.29 is 9.59 Å². The van der Waals surface area contributed by atoms with Crippen LogP contribution in [0, 0.1) is 5.92 Å². The summed E-state index contributed by atoms with van der Waals surface area (Å²) in [5, 5.41) is 6.16. The average molecular weight is 367 g/mol. The van der Waals surface area contributed by atoms with Crippen molar-refractivity contribution in [3.8, 4) is 0 Å². The van der Waals surface area contributed by atoms with Gasteiger partial charge < -0.3 is 11.1 Å². The maximum atomic E-state index is 12.4. The lowest BCUT2D eigenvalue weighted by molar-refractivity contribution is -0.117. The molecule has 0 fully saturated rings. The zero-order valence-corrected chi connectivity index (χ0v) is 16.5. The summed E-state index contributed by atoms with van der Waals surface area (Å²) in [6, 6.07) is 14.7. The molecule has 0 radical (unpaired) electrons. The fourth-order valence-corrected chi connectivity index (χ4v) is 2.93. The minimum atomic E-state index is -0.490. The Kier molecular flexibility index (Phi) is 7.13. The van der Waals surface area contributed by atoms with E-state index in [0.29, 0.717) is 17.2 Å². The van der Waals surface area contributed by atoms with Gasteiger partial charge in [0.1, 0.15) is 0 Å². The molecule has 5 nitrogen and oxygen atoms in total. The fourth-order valence-electron chi connectivity index (χ4n) is 2.93. The smallest absolute Gasteiger partial charge is 0.248 e. The first kappa shape index (κ1) is 20.6. The van der Waals surface area contributed by atoms with Crippen molar-refractivity contribution in [2.45, 2.75) is 46.2 Å². The van der Waals surface area contributed by atoms with Crippen LogP contribution in [0.15, 0.2) is 48.5 Å². The molecular weight excluding hydrogens is 338 g/mol. The Hall–Kier alpha value is -2.66. The lowest BCUT2D eigenvalue weighted by Crippen LogP contribution is -2.39. The molecule has 0 aliphatic carbocycles. The summed E-state index contributed by atoms with van der Waals surface area (Å²) in [4.78, 5) is 23.5. The van der Waals surface area contributed by atoms with Gasteiger partial charge in [-0.3, -0.25) is 14.9 Å². The molecule has 2 atom stereocenters. The Balaban J connectivity index is 1.91. The van der Waals surface area contributed by atoms with E-state index < -0.39 is 5.91 Å². The van der Waals surface area contributed by atoms with Crippen molar-refractivity contribution >= 4 is 17.5 Å². The Morgan fingerprint density at radius 1 is 0.926 bits per heavy atom. The number of carbonyl (C=O) groups excluding carboxylic acids is 2. The van der Waals surface area contributed by atoms with Gasteiger partial charge in [-0.2, -0.15) is 0 Å². The first-order valence-corrected chi connectivity index (χ1v) is 9.32. The van der Waals surface area contributed by atoms with E-state index in [0.717, 1.165) is 12.0 Å². The van der Waals surface area contributed by atoms with Crippen LogP contribution in [-0.4, -0.2) is 17.9 Å². The van der Waals surface area contributed by atoms with Crippen molar-refractivity contribution in [3.63, 3.8) is 0 Å². The van der Waals surface area contributed by atoms with Crippen LogP contribution in [0.4, 0.5) is 5.69 Å². The first-order valence-electron chi connectivity index (χ1n) is 9.32. The second-order valence-corrected chi connectivity index (χ2v) is 7.38. The van der Waals surface area contributed by atoms with Gasteiger partial charge in [-0.25, -0.2) is 0 Å². The number of anilines is 1. The largest absolute Gasteiger partial charge is 0.366 e. The van der Waals surface area contributed by atoms with Crippen LogP contribution in [-0.2, 0) is 11.2 Å². The van der Waals surface area contributed by atoms with E-state index in [9.17, 15) is 9.59 Å². The highest BCUT2D eigenvalue weighted by Crippen LogP contribution is 2.17. The van der Waals surface area contributed by atoms with Crippen LogP contribution >= 0.6 is 0 Å². The number of benzene rings is 2. The van der Waals surface area contributed by atoms with Gasteiger partial charge >= 0.3 is 0 Å². The molecular formula is C22H29N3O2. The molecule has 0 aliphatic heterocycles. The number of rotatable bonds is 8. The second-order valence-electron chi connectivity index (χ2n) is 7.38. The third-order valence-corrected chi connectivity index (χ3v) is 4.45. The Morgan fingerprint density at radius 3 is 2.04 bits per heavy atom. The SMILES string of the molecule is CC(C)Cc1ccc([C@@H](C)N[C@@H](C)C(=O)Nc2ccc(C(N)=O)cc2)cc1.